The number of carbonyl (C=O) groups excluding carboxylic acids is 2. The number of nitrogens with one attached hydrogen (secondary N) is 1. The smallest absolute Gasteiger partial charge is 0.330 e. The molecule has 0 radical (unpaired) electrons. The third-order valence-electron chi connectivity index (χ3n) is 1.78. The lowest BCUT2D eigenvalue weighted by molar-refractivity contribution is -0.137. The van der Waals surface area contributed by atoms with E-state index >= 15 is 0 Å². The molecule has 1 amide bonds. The van der Waals surface area contributed by atoms with E-state index in [9.17, 15) is 14.4 Å². The van der Waals surface area contributed by atoms with Crippen LogP contribution in [-0.4, -0.2) is 36.2 Å². The molecule has 0 saturated heterocycles. The number of aliphatic carboxylic acids is 1. The fourth-order valence-electron chi connectivity index (χ4n) is 0.691. The third-order valence-corrected chi connectivity index (χ3v) is 1.78. The van der Waals surface area contributed by atoms with Gasteiger partial charge < -0.3 is 10.8 Å². The van der Waals surface area contributed by atoms with Crippen molar-refractivity contribution >= 4 is 18.0 Å². The normalized spacial score (nSPS) is 7.54. The van der Waals surface area contributed by atoms with Crippen molar-refractivity contribution in [3.05, 3.63) is 0 Å². The summed E-state index contributed by atoms with van der Waals surface area (Å²) in [4.78, 5) is 35.0. The van der Waals surface area contributed by atoms with Crippen molar-refractivity contribution in [1.82, 2.24) is 4.91 Å². The zero-order chi connectivity index (χ0) is 19.6. The van der Waals surface area contributed by atoms with Crippen molar-refractivity contribution in [2.24, 2.45) is 15.8 Å². The summed E-state index contributed by atoms with van der Waals surface area (Å²) >= 11 is 0. The molecule has 0 aliphatic heterocycles. The maximum absolute atomic E-state index is 10.3. The molecule has 0 saturated carbocycles. The van der Waals surface area contributed by atoms with Gasteiger partial charge in [-0.1, -0.05) is 27.7 Å². The van der Waals surface area contributed by atoms with Crippen LogP contribution in [0.5, 0.6) is 0 Å². The quantitative estimate of drug-likeness (QED) is 0.279. The first kappa shape index (κ1) is 29.8. The van der Waals surface area contributed by atoms with Gasteiger partial charge in [0, 0.05) is 12.8 Å². The Bertz CT molecular complexity index is 370. The Morgan fingerprint density at radius 3 is 1.75 bits per heavy atom. The van der Waals surface area contributed by atoms with Crippen LogP contribution in [0.1, 0.15) is 66.2 Å². The highest BCUT2D eigenvalue weighted by molar-refractivity contribution is 5.75. The van der Waals surface area contributed by atoms with Crippen LogP contribution in [0, 0.1) is 5.53 Å². The zero-order valence-electron chi connectivity index (χ0n) is 15.2. The maximum atomic E-state index is 10.3. The van der Waals surface area contributed by atoms with Crippen molar-refractivity contribution in [3.8, 4) is 0 Å². The van der Waals surface area contributed by atoms with Gasteiger partial charge in [0.25, 0.3) is 0 Å². The molecule has 0 unspecified atom stereocenters. The lowest BCUT2D eigenvalue weighted by Crippen LogP contribution is -1.93. The predicted octanol–water partition coefficient (Wildman–Crippen LogP) is 2.82. The second kappa shape index (κ2) is 32.7. The third kappa shape index (κ3) is 60.0. The highest BCUT2D eigenvalue weighted by Gasteiger charge is 2.00. The second-order valence-corrected chi connectivity index (χ2v) is 4.25. The van der Waals surface area contributed by atoms with Crippen LogP contribution >= 0.6 is 0 Å². The van der Waals surface area contributed by atoms with Gasteiger partial charge in [-0.25, -0.2) is 9.79 Å². The van der Waals surface area contributed by atoms with Crippen molar-refractivity contribution in [1.29, 1.82) is 5.53 Å². The number of carboxylic acid groups (broad SMARTS) is 1. The van der Waals surface area contributed by atoms with Crippen LogP contribution in [0.2, 0.25) is 0 Å². The average Bonchev–Trinajstić information content (AvgIpc) is 2.54. The molecule has 0 aromatic heterocycles. The Labute approximate surface area is 144 Å². The number of amides is 1. The first-order valence-electron chi connectivity index (χ1n) is 7.97. The number of isocyanates is 1. The summed E-state index contributed by atoms with van der Waals surface area (Å²) in [6.45, 7) is 9.16. The van der Waals surface area contributed by atoms with E-state index in [1.165, 1.54) is 6.08 Å². The second-order valence-electron chi connectivity index (χ2n) is 4.25. The molecule has 0 aromatic rings. The molecule has 0 heterocycles. The number of nitrogens with two attached hydrogens (primary N) is 1. The minimum absolute atomic E-state index is 0.292. The summed E-state index contributed by atoms with van der Waals surface area (Å²) in [6.07, 6.45) is 5.64. The summed E-state index contributed by atoms with van der Waals surface area (Å²) in [5, 5.41) is 10.9. The van der Waals surface area contributed by atoms with E-state index in [-0.39, 0.29) is 5.91 Å². The van der Waals surface area contributed by atoms with E-state index in [1.54, 1.807) is 0 Å². The molecule has 9 nitrogen and oxygen atoms in total. The van der Waals surface area contributed by atoms with E-state index in [4.69, 9.17) is 16.4 Å². The Morgan fingerprint density at radius 2 is 1.58 bits per heavy atom. The largest absolute Gasteiger partial charge is 0.481 e. The van der Waals surface area contributed by atoms with E-state index in [2.05, 4.69) is 21.9 Å². The molecule has 0 bridgehead atoms. The lowest BCUT2D eigenvalue weighted by Gasteiger charge is -1.79. The van der Waals surface area contributed by atoms with Crippen LogP contribution in [0.3, 0.4) is 0 Å². The van der Waals surface area contributed by atoms with E-state index in [1.807, 2.05) is 20.8 Å². The number of carboxylic acids is 1. The number of aliphatic imine (C=N–C) groups is 1. The monoisotopic (exact) mass is 346 g/mol. The number of carbonyl (C=O) groups is 2. The van der Waals surface area contributed by atoms with Crippen molar-refractivity contribution < 1.29 is 19.5 Å². The number of rotatable bonds is 7. The van der Waals surface area contributed by atoms with E-state index in [0.29, 0.717) is 19.4 Å². The molecule has 0 atom stereocenters. The van der Waals surface area contributed by atoms with Crippen molar-refractivity contribution in [2.45, 2.75) is 66.2 Å². The number of nitrogens with zero attached hydrogens (tertiary/aromatic N) is 3. The zero-order valence-corrected chi connectivity index (χ0v) is 15.2. The standard InChI is InChI=1S/C4H8N3O.C4H7NO.C4H8O2.C3H9N/c1-2-3-4(8)6-7-5;1-2-3-5-4-6;1-2-3-4(5)6;1-2-3-4/h5H,2-3H2,1H3;2-3H2,1H3;2-3H2,1H3,(H,5,6);2-4H2,1H3/q+1;;;. The molecule has 0 aliphatic rings. The molecule has 0 rings (SSSR count). The van der Waals surface area contributed by atoms with Crippen LogP contribution < -0.4 is 10.6 Å². The Morgan fingerprint density at radius 1 is 1.08 bits per heavy atom. The van der Waals surface area contributed by atoms with Crippen LogP contribution in [0.15, 0.2) is 10.1 Å². The number of hydrogen-bond acceptors (Lipinski definition) is 6. The maximum Gasteiger partial charge on any atom is 0.330 e. The Kier molecular flexibility index (Phi) is 40.5. The highest BCUT2D eigenvalue weighted by atomic mass is 16.4. The average molecular weight is 346 g/mol. The summed E-state index contributed by atoms with van der Waals surface area (Å²) in [7, 11) is 0. The molecule has 0 spiro atoms. The molecule has 140 valence electrons. The van der Waals surface area contributed by atoms with Crippen molar-refractivity contribution in [3.63, 3.8) is 0 Å². The van der Waals surface area contributed by atoms with Gasteiger partial charge in [0.15, 0.2) is 5.11 Å². The predicted molar refractivity (Wildman–Crippen MR) is 92.4 cm³/mol. The first-order valence-corrected chi connectivity index (χ1v) is 7.97. The van der Waals surface area contributed by atoms with Crippen LogP contribution in [0.25, 0.3) is 0 Å². The van der Waals surface area contributed by atoms with Gasteiger partial charge in [-0.05, 0) is 32.2 Å². The van der Waals surface area contributed by atoms with E-state index in [0.717, 1.165) is 32.2 Å². The van der Waals surface area contributed by atoms with Gasteiger partial charge in [-0.2, -0.15) is 0 Å². The highest BCUT2D eigenvalue weighted by Crippen LogP contribution is 1.87. The number of hydrogen-bond donors (Lipinski definition) is 3. The van der Waals surface area contributed by atoms with Gasteiger partial charge in [0.05, 0.1) is 6.54 Å². The fraction of sp³-hybridized carbons (Fsp3) is 0.800. The van der Waals surface area contributed by atoms with Gasteiger partial charge in [-0.3, -0.25) is 9.59 Å². The fourth-order valence-corrected chi connectivity index (χ4v) is 0.691. The lowest BCUT2D eigenvalue weighted by atomic mass is 10.3. The summed E-state index contributed by atoms with van der Waals surface area (Å²) in [5.74, 6) is -1.03. The minimum Gasteiger partial charge on any atom is -0.481 e. The first-order chi connectivity index (χ1) is 11.4. The van der Waals surface area contributed by atoms with Gasteiger partial charge >= 0.3 is 11.9 Å². The Balaban J connectivity index is -0.000000114. The topological polar surface area (TPSA) is 160 Å². The summed E-state index contributed by atoms with van der Waals surface area (Å²) < 4.78 is 0. The SMILES string of the molecule is CCCC(=O)N=[N+]=N.CCCC(=O)O.CCCN.CCCN=C=O. The summed E-state index contributed by atoms with van der Waals surface area (Å²) in [5.41, 5.74) is 11.2. The van der Waals surface area contributed by atoms with Crippen molar-refractivity contribution in [2.75, 3.05) is 13.1 Å². The Hall–Kier alpha value is -2.21. The summed E-state index contributed by atoms with van der Waals surface area (Å²) in [6, 6.07) is 0. The van der Waals surface area contributed by atoms with Gasteiger partial charge in [0.2, 0.25) is 11.0 Å². The molecule has 24 heavy (non-hydrogen) atoms. The van der Waals surface area contributed by atoms with Crippen LogP contribution in [-0.2, 0) is 14.4 Å². The van der Waals surface area contributed by atoms with Gasteiger partial charge in [0.1, 0.15) is 5.53 Å². The van der Waals surface area contributed by atoms with Crippen LogP contribution in [0.4, 0.5) is 0 Å². The molecule has 0 fully saturated rings. The molecule has 9 heteroatoms. The molecule has 0 aliphatic carbocycles. The molecular formula is C15H32N5O4+. The molecular weight excluding hydrogens is 314 g/mol. The molecule has 4 N–H and O–H groups in total. The minimum atomic E-state index is -0.711. The molecule has 0 aromatic carbocycles. The van der Waals surface area contributed by atoms with E-state index < -0.39 is 5.97 Å². The van der Waals surface area contributed by atoms with Gasteiger partial charge in [-0.15, -0.1) is 0 Å².